The van der Waals surface area contributed by atoms with E-state index < -0.39 is 22.4 Å². The molecule has 126 valence electrons. The van der Waals surface area contributed by atoms with Crippen LogP contribution in [0.25, 0.3) is 0 Å². The quantitative estimate of drug-likeness (QED) is 0.682. The van der Waals surface area contributed by atoms with Crippen LogP contribution < -0.4 is 10.2 Å². The first-order valence-corrected chi connectivity index (χ1v) is 7.06. The van der Waals surface area contributed by atoms with Gasteiger partial charge in [0.05, 0.1) is 4.92 Å². The molecule has 1 aromatic carbocycles. The number of benzene rings is 1. The van der Waals surface area contributed by atoms with Crippen LogP contribution >= 0.6 is 0 Å². The summed E-state index contributed by atoms with van der Waals surface area (Å²) in [5, 5.41) is 13.5. The number of anilines is 1. The van der Waals surface area contributed by atoms with Crippen LogP contribution in [-0.2, 0) is 11.0 Å². The SMILES string of the molecule is CC(=O)NC1CCN(c2ccc([N+](=O)[O-])c(C(F)(F)F)c2)CC1. The first kappa shape index (κ1) is 17.0. The summed E-state index contributed by atoms with van der Waals surface area (Å²) in [4.78, 5) is 22.5. The fourth-order valence-electron chi connectivity index (χ4n) is 2.68. The smallest absolute Gasteiger partial charge is 0.371 e. The number of alkyl halides is 3. The van der Waals surface area contributed by atoms with E-state index in [0.29, 0.717) is 31.6 Å². The number of rotatable bonds is 3. The minimum absolute atomic E-state index is 0.00360. The molecule has 0 atom stereocenters. The highest BCUT2D eigenvalue weighted by molar-refractivity contribution is 5.73. The van der Waals surface area contributed by atoms with E-state index in [2.05, 4.69) is 5.32 Å². The molecule has 1 fully saturated rings. The highest BCUT2D eigenvalue weighted by Gasteiger charge is 2.39. The van der Waals surface area contributed by atoms with Crippen LogP contribution in [0.5, 0.6) is 0 Å². The fourth-order valence-corrected chi connectivity index (χ4v) is 2.68. The van der Waals surface area contributed by atoms with Gasteiger partial charge in [0.1, 0.15) is 5.56 Å². The van der Waals surface area contributed by atoms with E-state index in [1.807, 2.05) is 0 Å². The Hall–Kier alpha value is -2.32. The van der Waals surface area contributed by atoms with Gasteiger partial charge in [-0.05, 0) is 25.0 Å². The Bertz CT molecular complexity index is 611. The number of amides is 1. The number of carbonyl (C=O) groups excluding carboxylic acids is 1. The van der Waals surface area contributed by atoms with E-state index in [0.717, 1.165) is 12.1 Å². The molecule has 0 radical (unpaired) electrons. The number of nitrogens with zero attached hydrogens (tertiary/aromatic N) is 2. The molecular weight excluding hydrogens is 315 g/mol. The number of hydrogen-bond donors (Lipinski definition) is 1. The standard InChI is InChI=1S/C14H16F3N3O3/c1-9(21)18-10-4-6-19(7-5-10)11-2-3-13(20(22)23)12(8-11)14(15,16)17/h2-3,8,10H,4-7H2,1H3,(H,18,21). The molecule has 1 aliphatic rings. The third-order valence-corrected chi connectivity index (χ3v) is 3.75. The summed E-state index contributed by atoms with van der Waals surface area (Å²) in [6.07, 6.45) is -3.57. The summed E-state index contributed by atoms with van der Waals surface area (Å²) in [6.45, 7) is 2.36. The minimum Gasteiger partial charge on any atom is -0.371 e. The van der Waals surface area contributed by atoms with E-state index in [9.17, 15) is 28.1 Å². The molecule has 1 amide bonds. The number of carbonyl (C=O) groups is 1. The maximum absolute atomic E-state index is 13.0. The van der Waals surface area contributed by atoms with Crippen LogP contribution in [0.1, 0.15) is 25.3 Å². The molecule has 23 heavy (non-hydrogen) atoms. The normalized spacial score (nSPS) is 16.3. The van der Waals surface area contributed by atoms with Gasteiger partial charge in [-0.2, -0.15) is 13.2 Å². The molecule has 9 heteroatoms. The van der Waals surface area contributed by atoms with Crippen molar-refractivity contribution in [3.8, 4) is 0 Å². The van der Waals surface area contributed by atoms with Gasteiger partial charge < -0.3 is 10.2 Å². The molecule has 0 aromatic heterocycles. The molecule has 2 rings (SSSR count). The first-order valence-electron chi connectivity index (χ1n) is 7.06. The second-order valence-corrected chi connectivity index (χ2v) is 5.42. The van der Waals surface area contributed by atoms with Gasteiger partial charge in [0, 0.05) is 37.8 Å². The Kier molecular flexibility index (Phi) is 4.76. The van der Waals surface area contributed by atoms with Crippen molar-refractivity contribution < 1.29 is 22.9 Å². The van der Waals surface area contributed by atoms with Crippen LogP contribution in [0.15, 0.2) is 18.2 Å². The molecule has 1 aromatic rings. The van der Waals surface area contributed by atoms with Gasteiger partial charge in [0.15, 0.2) is 0 Å². The summed E-state index contributed by atoms with van der Waals surface area (Å²) in [5.41, 5.74) is -1.90. The minimum atomic E-state index is -4.78. The Balaban J connectivity index is 2.19. The molecule has 0 saturated carbocycles. The van der Waals surface area contributed by atoms with E-state index in [1.165, 1.54) is 13.0 Å². The van der Waals surface area contributed by atoms with Gasteiger partial charge in [-0.3, -0.25) is 14.9 Å². The highest BCUT2D eigenvalue weighted by atomic mass is 19.4. The molecule has 1 aliphatic heterocycles. The van der Waals surface area contributed by atoms with Crippen molar-refractivity contribution in [2.45, 2.75) is 32.0 Å². The van der Waals surface area contributed by atoms with Gasteiger partial charge in [-0.15, -0.1) is 0 Å². The second-order valence-electron chi connectivity index (χ2n) is 5.42. The van der Waals surface area contributed by atoms with Gasteiger partial charge in [-0.25, -0.2) is 0 Å². The summed E-state index contributed by atoms with van der Waals surface area (Å²) in [6, 6.07) is 3.03. The maximum atomic E-state index is 13.0. The van der Waals surface area contributed by atoms with Crippen molar-refractivity contribution in [1.29, 1.82) is 0 Å². The third kappa shape index (κ3) is 4.11. The van der Waals surface area contributed by atoms with E-state index >= 15 is 0 Å². The number of nitrogens with one attached hydrogen (secondary N) is 1. The summed E-state index contributed by atoms with van der Waals surface area (Å²) in [7, 11) is 0. The predicted molar refractivity (Wildman–Crippen MR) is 77.2 cm³/mol. The van der Waals surface area contributed by atoms with Gasteiger partial charge in [-0.1, -0.05) is 0 Å². The summed E-state index contributed by atoms with van der Waals surface area (Å²) < 4.78 is 39.0. The van der Waals surface area contributed by atoms with Crippen molar-refractivity contribution in [1.82, 2.24) is 5.32 Å². The van der Waals surface area contributed by atoms with Crippen molar-refractivity contribution in [2.75, 3.05) is 18.0 Å². The Labute approximate surface area is 130 Å². The lowest BCUT2D eigenvalue weighted by Gasteiger charge is -2.34. The Morgan fingerprint density at radius 2 is 1.96 bits per heavy atom. The third-order valence-electron chi connectivity index (χ3n) is 3.75. The van der Waals surface area contributed by atoms with E-state index in [-0.39, 0.29) is 11.9 Å². The molecule has 0 aliphatic carbocycles. The molecule has 0 spiro atoms. The van der Waals surface area contributed by atoms with Crippen molar-refractivity contribution in [3.05, 3.63) is 33.9 Å². The zero-order valence-electron chi connectivity index (χ0n) is 12.4. The number of hydrogen-bond acceptors (Lipinski definition) is 4. The zero-order chi connectivity index (χ0) is 17.2. The molecule has 1 saturated heterocycles. The van der Waals surface area contributed by atoms with Gasteiger partial charge in [0.25, 0.3) is 5.69 Å². The number of nitro groups is 1. The number of piperidine rings is 1. The topological polar surface area (TPSA) is 75.5 Å². The lowest BCUT2D eigenvalue weighted by atomic mass is 10.0. The molecule has 1 N–H and O–H groups in total. The molecule has 0 bridgehead atoms. The van der Waals surface area contributed by atoms with Crippen LogP contribution in [-0.4, -0.2) is 30.0 Å². The Morgan fingerprint density at radius 1 is 1.35 bits per heavy atom. The van der Waals surface area contributed by atoms with Gasteiger partial charge >= 0.3 is 6.18 Å². The van der Waals surface area contributed by atoms with Crippen LogP contribution in [0.3, 0.4) is 0 Å². The van der Waals surface area contributed by atoms with Gasteiger partial charge in [0.2, 0.25) is 5.91 Å². The fraction of sp³-hybridized carbons (Fsp3) is 0.500. The van der Waals surface area contributed by atoms with Crippen molar-refractivity contribution in [3.63, 3.8) is 0 Å². The molecule has 6 nitrogen and oxygen atoms in total. The Morgan fingerprint density at radius 3 is 2.43 bits per heavy atom. The van der Waals surface area contributed by atoms with Crippen LogP contribution in [0.4, 0.5) is 24.5 Å². The number of halogens is 3. The average Bonchev–Trinajstić information content (AvgIpc) is 2.46. The lowest BCUT2D eigenvalue weighted by Crippen LogP contribution is -2.44. The van der Waals surface area contributed by atoms with E-state index in [1.54, 1.807) is 4.90 Å². The highest BCUT2D eigenvalue weighted by Crippen LogP contribution is 2.38. The van der Waals surface area contributed by atoms with E-state index in [4.69, 9.17) is 0 Å². The monoisotopic (exact) mass is 331 g/mol. The average molecular weight is 331 g/mol. The van der Waals surface area contributed by atoms with Crippen molar-refractivity contribution >= 4 is 17.3 Å². The maximum Gasteiger partial charge on any atom is 0.423 e. The largest absolute Gasteiger partial charge is 0.423 e. The summed E-state index contributed by atoms with van der Waals surface area (Å²) in [5.74, 6) is -0.141. The summed E-state index contributed by atoms with van der Waals surface area (Å²) >= 11 is 0. The van der Waals surface area contributed by atoms with Crippen LogP contribution in [0, 0.1) is 10.1 Å². The molecular formula is C14H16F3N3O3. The van der Waals surface area contributed by atoms with Crippen LogP contribution in [0.2, 0.25) is 0 Å². The van der Waals surface area contributed by atoms with Crippen molar-refractivity contribution in [2.24, 2.45) is 0 Å². The second kappa shape index (κ2) is 6.43. The zero-order valence-corrected chi connectivity index (χ0v) is 12.4. The molecule has 0 unspecified atom stereocenters. The predicted octanol–water partition coefficient (Wildman–Crippen LogP) is 2.72. The number of nitro benzene ring substituents is 1. The molecule has 1 heterocycles. The lowest BCUT2D eigenvalue weighted by molar-refractivity contribution is -0.388. The first-order chi connectivity index (χ1) is 10.7.